The van der Waals surface area contributed by atoms with Gasteiger partial charge in [-0.2, -0.15) is 31.3 Å². The predicted octanol–water partition coefficient (Wildman–Crippen LogP) is 9.92. The minimum Gasteiger partial charge on any atom is -0.491 e. The van der Waals surface area contributed by atoms with Crippen molar-refractivity contribution in [3.8, 4) is 22.8 Å². The minimum atomic E-state index is -9.95. The number of urea groups is 1. The summed E-state index contributed by atoms with van der Waals surface area (Å²) < 4.78 is 152. The fraction of sp³-hybridized carbons (Fsp3) is 0.207. The molecule has 4 aromatic rings. The molecule has 1 aliphatic rings. The Morgan fingerprint density at radius 1 is 0.980 bits per heavy atom. The van der Waals surface area contributed by atoms with Crippen LogP contribution in [0, 0.1) is 6.92 Å². The smallest absolute Gasteiger partial charge is 0.418 e. The first kappa shape index (κ1) is 37.4. The van der Waals surface area contributed by atoms with Crippen LogP contribution in [0.2, 0.25) is 0 Å². The Labute approximate surface area is 284 Å². The number of rotatable bonds is 8. The number of thioether (sulfide) groups is 1. The third-order valence-electron chi connectivity index (χ3n) is 6.82. The van der Waals surface area contributed by atoms with Crippen molar-refractivity contribution >= 4 is 50.5 Å². The average molecular weight is 775 g/mol. The molecule has 1 fully saturated rings. The number of nitrogens with zero attached hydrogens (tertiary/aromatic N) is 5. The van der Waals surface area contributed by atoms with Crippen LogP contribution in [0.5, 0.6) is 5.75 Å². The Morgan fingerprint density at radius 2 is 1.67 bits per heavy atom. The van der Waals surface area contributed by atoms with Crippen LogP contribution in [0.15, 0.2) is 76.9 Å². The van der Waals surface area contributed by atoms with Gasteiger partial charge in [-0.3, -0.25) is 9.69 Å². The van der Waals surface area contributed by atoms with E-state index in [1.54, 1.807) is 6.92 Å². The van der Waals surface area contributed by atoms with Gasteiger partial charge < -0.3 is 10.1 Å². The summed E-state index contributed by atoms with van der Waals surface area (Å²) in [5, 5.41) is 5.61. The zero-order valence-corrected chi connectivity index (χ0v) is 27.0. The van der Waals surface area contributed by atoms with Crippen LogP contribution >= 0.6 is 22.0 Å². The van der Waals surface area contributed by atoms with Crippen molar-refractivity contribution in [3.05, 3.63) is 78.1 Å². The van der Waals surface area contributed by atoms with E-state index in [2.05, 4.69) is 15.1 Å². The molecular weight excluding hydrogens is 753 g/mol. The number of carbonyl (C=O) groups excluding carboxylic acids is 2. The number of anilines is 2. The number of aryl methyl sites for hydroxylation is 1. The first-order valence-corrected chi connectivity index (χ1v) is 17.0. The van der Waals surface area contributed by atoms with Gasteiger partial charge in [0.25, 0.3) is 0 Å². The van der Waals surface area contributed by atoms with E-state index in [4.69, 9.17) is 4.74 Å². The molecule has 1 aliphatic heterocycles. The molecule has 274 valence electrons. The molecule has 1 N–H and O–H groups in total. The van der Waals surface area contributed by atoms with Crippen LogP contribution in [-0.4, -0.2) is 50.4 Å². The summed E-state index contributed by atoms with van der Waals surface area (Å²) in [4.78, 5) is 32.0. The van der Waals surface area contributed by atoms with E-state index in [1.165, 1.54) is 18.2 Å². The van der Waals surface area contributed by atoms with Gasteiger partial charge in [-0.05, 0) is 67.1 Å². The molecule has 2 heterocycles. The summed E-state index contributed by atoms with van der Waals surface area (Å²) in [5.41, 5.74) is -2.08. The first-order chi connectivity index (χ1) is 23.4. The van der Waals surface area contributed by atoms with Gasteiger partial charge >= 0.3 is 28.6 Å². The highest BCUT2D eigenvalue weighted by molar-refractivity contribution is 8.45. The molecule has 0 aliphatic carbocycles. The Hall–Kier alpha value is -4.86. The normalized spacial score (nSPS) is 16.3. The SMILES string of the molecule is Cc1ccc(OCCC(F)(F)F)c(N2C(=O)CS/C2=N\C(=O)Nc2ccc(-c3ncn(-c4ccc(S(F)(F)(F)(F)F)cc4)n3)cc2C(F)(F)F)c1. The van der Waals surface area contributed by atoms with Crippen molar-refractivity contribution in [2.24, 2.45) is 4.99 Å². The standard InChI is InChI=1S/C29H21F11N6O3S2/c1-16-2-9-23(49-11-10-28(30,31)32)22(12-16)46-24(47)14-50-27(46)43-26(48)42-21-8-3-17(13-20(21)29(33,34)35)25-41-15-45(44-25)18-4-6-19(7-5-18)51(36,37,38,39)40/h2-9,12-13,15H,10-11,14H2,1H3,(H,42,48)/b43-27-. The van der Waals surface area contributed by atoms with Gasteiger partial charge in [-0.1, -0.05) is 37.3 Å². The van der Waals surface area contributed by atoms with Crippen molar-refractivity contribution in [1.29, 1.82) is 0 Å². The zero-order chi connectivity index (χ0) is 37.6. The van der Waals surface area contributed by atoms with Gasteiger partial charge in [0.05, 0.1) is 41.4 Å². The largest absolute Gasteiger partial charge is 0.491 e. The topological polar surface area (TPSA) is 102 Å². The maximum absolute atomic E-state index is 14.1. The Bertz CT molecular complexity index is 2030. The van der Waals surface area contributed by atoms with E-state index < -0.39 is 63.7 Å². The maximum atomic E-state index is 14.1. The van der Waals surface area contributed by atoms with Gasteiger partial charge in [0.15, 0.2) is 11.0 Å². The molecule has 0 spiro atoms. The lowest BCUT2D eigenvalue weighted by Crippen LogP contribution is -2.31. The minimum absolute atomic E-state index is 0.0403. The molecular formula is C29H21F11N6O3S2. The average Bonchev–Trinajstić information content (AvgIpc) is 3.63. The Kier molecular flexibility index (Phi) is 9.11. The molecule has 3 amide bonds. The number of amides is 3. The quantitative estimate of drug-likeness (QED) is 0.179. The number of hydrogen-bond donors (Lipinski definition) is 1. The summed E-state index contributed by atoms with van der Waals surface area (Å²) in [6, 6.07) is 6.96. The summed E-state index contributed by atoms with van der Waals surface area (Å²) in [6.07, 6.45) is -9.98. The summed E-state index contributed by atoms with van der Waals surface area (Å²) in [7, 11) is -9.95. The molecule has 0 atom stereocenters. The van der Waals surface area contributed by atoms with E-state index in [0.717, 1.165) is 39.8 Å². The van der Waals surface area contributed by atoms with Gasteiger partial charge in [0.2, 0.25) is 5.91 Å². The molecule has 0 radical (unpaired) electrons. The van der Waals surface area contributed by atoms with Crippen molar-refractivity contribution in [1.82, 2.24) is 14.8 Å². The lowest BCUT2D eigenvalue weighted by molar-refractivity contribution is -0.139. The highest BCUT2D eigenvalue weighted by atomic mass is 32.5. The van der Waals surface area contributed by atoms with E-state index in [9.17, 15) is 55.4 Å². The Balaban J connectivity index is 1.38. The second kappa shape index (κ2) is 12.4. The number of nitrogens with one attached hydrogen (secondary N) is 1. The molecule has 5 rings (SSSR count). The number of alkyl halides is 6. The number of halogens is 11. The van der Waals surface area contributed by atoms with Crippen molar-refractivity contribution in [3.63, 3.8) is 0 Å². The highest BCUT2D eigenvalue weighted by Gasteiger charge is 2.65. The van der Waals surface area contributed by atoms with Crippen LogP contribution in [0.1, 0.15) is 17.5 Å². The molecule has 1 aromatic heterocycles. The molecule has 3 aromatic carbocycles. The third kappa shape index (κ3) is 9.09. The van der Waals surface area contributed by atoms with Crippen LogP contribution in [0.4, 0.5) is 61.9 Å². The molecule has 9 nitrogen and oxygen atoms in total. The van der Waals surface area contributed by atoms with Gasteiger partial charge in [-0.15, -0.1) is 5.10 Å². The lowest BCUT2D eigenvalue weighted by Gasteiger charge is -2.40. The molecule has 51 heavy (non-hydrogen) atoms. The van der Waals surface area contributed by atoms with Crippen molar-refractivity contribution < 1.29 is 60.1 Å². The fourth-order valence-corrected chi connectivity index (χ4v) is 6.02. The van der Waals surface area contributed by atoms with Crippen LogP contribution in [0.3, 0.4) is 0 Å². The lowest BCUT2D eigenvalue weighted by atomic mass is 10.1. The number of aromatic nitrogens is 3. The number of ether oxygens (including phenoxy) is 1. The number of hydrogen-bond acceptors (Lipinski definition) is 6. The monoisotopic (exact) mass is 774 g/mol. The third-order valence-corrected chi connectivity index (χ3v) is 8.91. The molecule has 0 saturated carbocycles. The maximum Gasteiger partial charge on any atom is 0.418 e. The summed E-state index contributed by atoms with van der Waals surface area (Å²) >= 11 is 0.744. The van der Waals surface area contributed by atoms with E-state index >= 15 is 0 Å². The molecule has 0 bridgehead atoms. The molecule has 1 saturated heterocycles. The predicted molar refractivity (Wildman–Crippen MR) is 167 cm³/mol. The number of carbonyl (C=O) groups is 2. The van der Waals surface area contributed by atoms with E-state index in [1.807, 2.05) is 5.32 Å². The van der Waals surface area contributed by atoms with Gasteiger partial charge in [-0.25, -0.2) is 14.5 Å². The van der Waals surface area contributed by atoms with E-state index in [-0.39, 0.29) is 51.6 Å². The number of benzene rings is 3. The van der Waals surface area contributed by atoms with Crippen LogP contribution in [0.25, 0.3) is 17.1 Å². The summed E-state index contributed by atoms with van der Waals surface area (Å²) in [5.74, 6) is -1.38. The number of amidine groups is 1. The fourth-order valence-electron chi connectivity index (χ4n) is 4.52. The van der Waals surface area contributed by atoms with Crippen molar-refractivity contribution in [2.75, 3.05) is 22.6 Å². The first-order valence-electron chi connectivity index (χ1n) is 14.0. The van der Waals surface area contributed by atoms with Gasteiger partial charge in [0, 0.05) is 5.56 Å². The van der Waals surface area contributed by atoms with E-state index in [0.29, 0.717) is 23.8 Å². The van der Waals surface area contributed by atoms with Gasteiger partial charge in [0.1, 0.15) is 17.0 Å². The Morgan fingerprint density at radius 3 is 2.29 bits per heavy atom. The number of aliphatic imine (C=N–C) groups is 1. The van der Waals surface area contributed by atoms with Crippen LogP contribution < -0.4 is 15.0 Å². The van der Waals surface area contributed by atoms with Crippen LogP contribution in [-0.2, 0) is 11.0 Å². The molecule has 22 heteroatoms. The summed E-state index contributed by atoms with van der Waals surface area (Å²) in [6.45, 7) is 0.826. The highest BCUT2D eigenvalue weighted by Crippen LogP contribution is 3.02. The zero-order valence-electron chi connectivity index (χ0n) is 25.4. The second-order valence-electron chi connectivity index (χ2n) is 10.8. The second-order valence-corrected chi connectivity index (χ2v) is 14.1. The van der Waals surface area contributed by atoms with Crippen molar-refractivity contribution in [2.45, 2.75) is 30.6 Å². The molecule has 0 unspecified atom stereocenters.